The molecular formula is C16H23NO5S. The van der Waals surface area contributed by atoms with Gasteiger partial charge in [0.25, 0.3) is 0 Å². The highest BCUT2D eigenvalue weighted by atomic mass is 32.2. The Morgan fingerprint density at radius 1 is 1.39 bits per heavy atom. The van der Waals surface area contributed by atoms with Crippen LogP contribution in [0.15, 0.2) is 24.3 Å². The van der Waals surface area contributed by atoms with Gasteiger partial charge in [-0.1, -0.05) is 12.1 Å². The fourth-order valence-corrected chi connectivity index (χ4v) is 2.67. The van der Waals surface area contributed by atoms with Crippen LogP contribution in [0, 0.1) is 0 Å². The summed E-state index contributed by atoms with van der Waals surface area (Å²) in [6.45, 7) is 3.01. The van der Waals surface area contributed by atoms with Crippen molar-refractivity contribution in [3.63, 3.8) is 0 Å². The lowest BCUT2D eigenvalue weighted by Gasteiger charge is -2.12. The summed E-state index contributed by atoms with van der Waals surface area (Å²) >= 11 is 0. The Morgan fingerprint density at radius 3 is 2.65 bits per heavy atom. The number of hydrogen-bond donors (Lipinski definition) is 1. The van der Waals surface area contributed by atoms with Gasteiger partial charge in [-0.05, 0) is 37.5 Å². The van der Waals surface area contributed by atoms with Gasteiger partial charge in [0.2, 0.25) is 5.91 Å². The lowest BCUT2D eigenvalue weighted by Crippen LogP contribution is -2.36. The second kappa shape index (κ2) is 7.79. The Balaban J connectivity index is 1.79. The minimum absolute atomic E-state index is 0.173. The average molecular weight is 341 g/mol. The van der Waals surface area contributed by atoms with Crippen LogP contribution in [-0.4, -0.2) is 45.1 Å². The third-order valence-electron chi connectivity index (χ3n) is 3.86. The summed E-state index contributed by atoms with van der Waals surface area (Å²) in [5.74, 6) is 0.256. The topological polar surface area (TPSA) is 81.7 Å². The maximum atomic E-state index is 11.8. The van der Waals surface area contributed by atoms with Crippen molar-refractivity contribution < 1.29 is 22.7 Å². The van der Waals surface area contributed by atoms with Gasteiger partial charge in [-0.2, -0.15) is 0 Å². The fraction of sp³-hybridized carbons (Fsp3) is 0.562. The summed E-state index contributed by atoms with van der Waals surface area (Å²) in [6.07, 6.45) is 3.34. The molecule has 0 aliphatic carbocycles. The van der Waals surface area contributed by atoms with Crippen LogP contribution in [0.5, 0.6) is 5.75 Å². The molecule has 1 N–H and O–H groups in total. The molecule has 0 bridgehead atoms. The van der Waals surface area contributed by atoms with E-state index >= 15 is 0 Å². The molecule has 1 aromatic rings. The molecule has 6 nitrogen and oxygen atoms in total. The quantitative estimate of drug-likeness (QED) is 0.808. The zero-order valence-electron chi connectivity index (χ0n) is 13.4. The zero-order chi connectivity index (χ0) is 16.9. The maximum Gasteiger partial charge on any atom is 0.238 e. The molecule has 0 saturated carbocycles. The third-order valence-corrected chi connectivity index (χ3v) is 5.36. The van der Waals surface area contributed by atoms with Crippen molar-refractivity contribution in [1.82, 2.24) is 5.32 Å². The summed E-state index contributed by atoms with van der Waals surface area (Å²) in [4.78, 5) is 11.8. The number of carbonyl (C=O) groups excluding carboxylic acids is 1. The molecule has 1 aromatic carbocycles. The normalized spacial score (nSPS) is 19.3. The smallest absolute Gasteiger partial charge is 0.238 e. The molecule has 7 heteroatoms. The number of rotatable bonds is 7. The van der Waals surface area contributed by atoms with Crippen LogP contribution in [0.2, 0.25) is 0 Å². The van der Waals surface area contributed by atoms with E-state index in [1.54, 1.807) is 0 Å². The number of sulfone groups is 1. The van der Waals surface area contributed by atoms with Crippen molar-refractivity contribution in [2.75, 3.05) is 19.5 Å². The lowest BCUT2D eigenvalue weighted by molar-refractivity contribution is -0.120. The maximum absolute atomic E-state index is 11.8. The van der Waals surface area contributed by atoms with Crippen molar-refractivity contribution in [2.45, 2.75) is 37.7 Å². The van der Waals surface area contributed by atoms with Crippen LogP contribution < -0.4 is 10.1 Å². The molecule has 1 fully saturated rings. The highest BCUT2D eigenvalue weighted by Crippen LogP contribution is 2.16. The number of benzene rings is 1. The standard InChI is InChI=1S/C16H23NO5S/c1-12(23(2,19)20)16(18)17-10-13-5-7-14(8-6-13)22-11-15-4-3-9-21-15/h5-8,12,15H,3-4,9-11H2,1-2H3,(H,17,18). The largest absolute Gasteiger partial charge is 0.491 e. The van der Waals surface area contributed by atoms with Gasteiger partial charge in [-0.15, -0.1) is 0 Å². The summed E-state index contributed by atoms with van der Waals surface area (Å²) in [5, 5.41) is 1.58. The van der Waals surface area contributed by atoms with E-state index in [-0.39, 0.29) is 12.6 Å². The minimum atomic E-state index is -3.37. The minimum Gasteiger partial charge on any atom is -0.491 e. The predicted molar refractivity (Wildman–Crippen MR) is 87.1 cm³/mol. The Labute approximate surface area is 137 Å². The summed E-state index contributed by atoms with van der Waals surface area (Å²) in [5.41, 5.74) is 0.878. The first-order chi connectivity index (χ1) is 10.9. The molecule has 0 spiro atoms. The molecule has 1 aliphatic heterocycles. The van der Waals surface area contributed by atoms with Gasteiger partial charge in [0.1, 0.15) is 17.6 Å². The molecule has 1 heterocycles. The van der Waals surface area contributed by atoms with Gasteiger partial charge in [0.15, 0.2) is 9.84 Å². The first kappa shape index (κ1) is 17.7. The fourth-order valence-electron chi connectivity index (χ4n) is 2.20. The summed E-state index contributed by atoms with van der Waals surface area (Å²) < 4.78 is 33.8. The Bertz CT molecular complexity index is 620. The van der Waals surface area contributed by atoms with Crippen LogP contribution in [-0.2, 0) is 25.9 Å². The van der Waals surface area contributed by atoms with E-state index in [9.17, 15) is 13.2 Å². The van der Waals surface area contributed by atoms with E-state index in [4.69, 9.17) is 9.47 Å². The molecule has 1 aliphatic rings. The second-order valence-corrected chi connectivity index (χ2v) is 8.15. The van der Waals surface area contributed by atoms with E-state index in [0.717, 1.165) is 37.0 Å². The van der Waals surface area contributed by atoms with Crippen LogP contribution >= 0.6 is 0 Å². The highest BCUT2D eigenvalue weighted by Gasteiger charge is 2.23. The highest BCUT2D eigenvalue weighted by molar-refractivity contribution is 7.92. The van der Waals surface area contributed by atoms with Crippen molar-refractivity contribution in [1.29, 1.82) is 0 Å². The molecule has 0 radical (unpaired) electrons. The van der Waals surface area contributed by atoms with Crippen molar-refractivity contribution in [3.8, 4) is 5.75 Å². The van der Waals surface area contributed by atoms with Gasteiger partial charge in [0, 0.05) is 19.4 Å². The Kier molecular flexibility index (Phi) is 6.01. The third kappa shape index (κ3) is 5.51. The molecule has 2 atom stereocenters. The monoisotopic (exact) mass is 341 g/mol. The van der Waals surface area contributed by atoms with Gasteiger partial charge < -0.3 is 14.8 Å². The number of hydrogen-bond acceptors (Lipinski definition) is 5. The van der Waals surface area contributed by atoms with E-state index in [2.05, 4.69) is 5.32 Å². The van der Waals surface area contributed by atoms with Gasteiger partial charge in [0.05, 0.1) is 6.10 Å². The number of nitrogens with one attached hydrogen (secondary N) is 1. The van der Waals surface area contributed by atoms with Crippen molar-refractivity contribution >= 4 is 15.7 Å². The van der Waals surface area contributed by atoms with E-state index < -0.39 is 21.0 Å². The molecule has 2 unspecified atom stereocenters. The van der Waals surface area contributed by atoms with Gasteiger partial charge in [-0.25, -0.2) is 8.42 Å². The first-order valence-corrected chi connectivity index (χ1v) is 9.61. The Morgan fingerprint density at radius 2 is 2.09 bits per heavy atom. The number of ether oxygens (including phenoxy) is 2. The van der Waals surface area contributed by atoms with Crippen molar-refractivity contribution in [2.24, 2.45) is 0 Å². The number of carbonyl (C=O) groups is 1. The van der Waals surface area contributed by atoms with Crippen LogP contribution in [0.25, 0.3) is 0 Å². The SMILES string of the molecule is CC(C(=O)NCc1ccc(OCC2CCCO2)cc1)S(C)(=O)=O. The second-order valence-electron chi connectivity index (χ2n) is 5.78. The molecule has 128 valence electrons. The summed E-state index contributed by atoms with van der Waals surface area (Å²) in [7, 11) is -3.37. The van der Waals surface area contributed by atoms with Crippen LogP contribution in [0.4, 0.5) is 0 Å². The molecule has 1 amide bonds. The zero-order valence-corrected chi connectivity index (χ0v) is 14.3. The molecule has 0 aromatic heterocycles. The van der Waals surface area contributed by atoms with Gasteiger partial charge >= 0.3 is 0 Å². The van der Waals surface area contributed by atoms with Gasteiger partial charge in [-0.3, -0.25) is 4.79 Å². The summed E-state index contributed by atoms with van der Waals surface area (Å²) in [6, 6.07) is 7.35. The van der Waals surface area contributed by atoms with Crippen LogP contribution in [0.1, 0.15) is 25.3 Å². The van der Waals surface area contributed by atoms with E-state index in [1.807, 2.05) is 24.3 Å². The average Bonchev–Trinajstić information content (AvgIpc) is 3.03. The molecule has 1 saturated heterocycles. The molecule has 23 heavy (non-hydrogen) atoms. The lowest BCUT2D eigenvalue weighted by atomic mass is 10.2. The Hall–Kier alpha value is -1.60. The van der Waals surface area contributed by atoms with E-state index in [1.165, 1.54) is 6.92 Å². The molecule has 2 rings (SSSR count). The van der Waals surface area contributed by atoms with E-state index in [0.29, 0.717) is 6.61 Å². The van der Waals surface area contributed by atoms with Crippen molar-refractivity contribution in [3.05, 3.63) is 29.8 Å². The van der Waals surface area contributed by atoms with Crippen LogP contribution in [0.3, 0.4) is 0 Å². The first-order valence-electron chi connectivity index (χ1n) is 7.66. The predicted octanol–water partition coefficient (Wildman–Crippen LogP) is 1.29. The molecular weight excluding hydrogens is 318 g/mol. The number of amides is 1.